The van der Waals surface area contributed by atoms with Crippen LogP contribution < -0.4 is 0 Å². The lowest BCUT2D eigenvalue weighted by molar-refractivity contribution is -0.0194. The molecule has 1 saturated heterocycles. The van der Waals surface area contributed by atoms with Crippen LogP contribution in [0.25, 0.3) is 0 Å². The van der Waals surface area contributed by atoms with Gasteiger partial charge in [0.15, 0.2) is 0 Å². The molecule has 1 aromatic carbocycles. The van der Waals surface area contributed by atoms with Crippen LogP contribution in [0.4, 0.5) is 0 Å². The van der Waals surface area contributed by atoms with Crippen molar-refractivity contribution >= 4 is 0 Å². The second-order valence-electron chi connectivity index (χ2n) is 5.32. The third-order valence-corrected chi connectivity index (χ3v) is 3.89. The predicted octanol–water partition coefficient (Wildman–Crippen LogP) is 2.38. The molecule has 17 heavy (non-hydrogen) atoms. The molecule has 1 aromatic rings. The van der Waals surface area contributed by atoms with Crippen LogP contribution in [0.3, 0.4) is 0 Å². The van der Waals surface area contributed by atoms with Gasteiger partial charge >= 0.3 is 0 Å². The molecule has 1 fully saturated rings. The predicted molar refractivity (Wildman–Crippen MR) is 71.2 cm³/mol. The van der Waals surface area contributed by atoms with Crippen LogP contribution in [0.5, 0.6) is 0 Å². The summed E-state index contributed by atoms with van der Waals surface area (Å²) in [6.45, 7) is 7.43. The normalized spacial score (nSPS) is 20.4. The van der Waals surface area contributed by atoms with Gasteiger partial charge in [-0.25, -0.2) is 0 Å². The molecular formula is C15H23NO. The average Bonchev–Trinajstić information content (AvgIpc) is 2.33. The summed E-state index contributed by atoms with van der Waals surface area (Å²) in [5, 5.41) is 10.6. The Kier molecular flexibility index (Phi) is 3.85. The van der Waals surface area contributed by atoms with E-state index < -0.39 is 5.60 Å². The van der Waals surface area contributed by atoms with Crippen molar-refractivity contribution in [3.05, 3.63) is 35.4 Å². The van der Waals surface area contributed by atoms with E-state index in [1.165, 1.54) is 11.1 Å². The summed E-state index contributed by atoms with van der Waals surface area (Å²) in [5.74, 6) is 0. The number of piperidine rings is 1. The Hall–Kier alpha value is -0.860. The van der Waals surface area contributed by atoms with Gasteiger partial charge in [-0.05, 0) is 31.9 Å². The zero-order chi connectivity index (χ0) is 12.3. The van der Waals surface area contributed by atoms with E-state index in [0.717, 1.165) is 38.9 Å². The summed E-state index contributed by atoms with van der Waals surface area (Å²) in [5.41, 5.74) is 2.05. The molecule has 0 aromatic heterocycles. The van der Waals surface area contributed by atoms with E-state index in [2.05, 4.69) is 43.0 Å². The molecule has 94 valence electrons. The third-order valence-electron chi connectivity index (χ3n) is 3.89. The van der Waals surface area contributed by atoms with E-state index in [1.807, 2.05) is 0 Å². The number of rotatable bonds is 3. The lowest BCUT2D eigenvalue weighted by Gasteiger charge is -2.38. The van der Waals surface area contributed by atoms with E-state index in [1.54, 1.807) is 0 Å². The minimum absolute atomic E-state index is 0.485. The minimum Gasteiger partial charge on any atom is -0.389 e. The highest BCUT2D eigenvalue weighted by atomic mass is 16.3. The van der Waals surface area contributed by atoms with Gasteiger partial charge in [-0.2, -0.15) is 0 Å². The molecule has 0 amide bonds. The summed E-state index contributed by atoms with van der Waals surface area (Å²) < 4.78 is 0. The SMILES string of the molecule is CCN1CCC(O)(Cc2ccc(C)cc2)CC1. The monoisotopic (exact) mass is 233 g/mol. The molecule has 2 heteroatoms. The first-order valence-electron chi connectivity index (χ1n) is 6.61. The summed E-state index contributed by atoms with van der Waals surface area (Å²) in [6, 6.07) is 8.53. The van der Waals surface area contributed by atoms with Crippen molar-refractivity contribution in [2.75, 3.05) is 19.6 Å². The molecule has 0 saturated carbocycles. The molecule has 0 unspecified atom stereocenters. The van der Waals surface area contributed by atoms with E-state index >= 15 is 0 Å². The van der Waals surface area contributed by atoms with Gasteiger partial charge in [0.05, 0.1) is 5.60 Å². The molecule has 0 aliphatic carbocycles. The van der Waals surface area contributed by atoms with Gasteiger partial charge in [0.1, 0.15) is 0 Å². The second kappa shape index (κ2) is 5.19. The zero-order valence-corrected chi connectivity index (χ0v) is 10.9. The first-order valence-corrected chi connectivity index (χ1v) is 6.61. The minimum atomic E-state index is -0.485. The highest BCUT2D eigenvalue weighted by Crippen LogP contribution is 2.26. The molecule has 0 radical (unpaired) electrons. The van der Waals surface area contributed by atoms with Gasteiger partial charge in [-0.15, -0.1) is 0 Å². The van der Waals surface area contributed by atoms with Crippen LogP contribution in [-0.2, 0) is 6.42 Å². The molecular weight excluding hydrogens is 210 g/mol. The Labute approximate surface area is 104 Å². The van der Waals surface area contributed by atoms with Crippen LogP contribution >= 0.6 is 0 Å². The fourth-order valence-electron chi connectivity index (χ4n) is 2.55. The average molecular weight is 233 g/mol. The number of hydrogen-bond donors (Lipinski definition) is 1. The third kappa shape index (κ3) is 3.30. The second-order valence-corrected chi connectivity index (χ2v) is 5.32. The number of benzene rings is 1. The number of hydrogen-bond acceptors (Lipinski definition) is 2. The standard InChI is InChI=1S/C15H23NO/c1-3-16-10-8-15(17,9-11-16)12-14-6-4-13(2)5-7-14/h4-7,17H,3,8-12H2,1-2H3. The maximum Gasteiger partial charge on any atom is 0.0712 e. The van der Waals surface area contributed by atoms with Crippen molar-refractivity contribution < 1.29 is 5.11 Å². The number of aryl methyl sites for hydroxylation is 1. The first-order chi connectivity index (χ1) is 8.11. The summed E-state index contributed by atoms with van der Waals surface area (Å²) in [6.07, 6.45) is 2.59. The molecule has 1 aliphatic heterocycles. The van der Waals surface area contributed by atoms with Crippen LogP contribution in [-0.4, -0.2) is 35.2 Å². The van der Waals surface area contributed by atoms with E-state index in [9.17, 15) is 5.11 Å². The number of nitrogens with zero attached hydrogens (tertiary/aromatic N) is 1. The van der Waals surface area contributed by atoms with Gasteiger partial charge in [0.2, 0.25) is 0 Å². The van der Waals surface area contributed by atoms with Crippen molar-refractivity contribution in [3.8, 4) is 0 Å². The Morgan fingerprint density at radius 3 is 2.29 bits per heavy atom. The molecule has 2 rings (SSSR count). The highest BCUT2D eigenvalue weighted by Gasteiger charge is 2.31. The molecule has 1 heterocycles. The molecule has 0 atom stereocenters. The van der Waals surface area contributed by atoms with Crippen LogP contribution in [0.2, 0.25) is 0 Å². The van der Waals surface area contributed by atoms with Crippen LogP contribution in [0, 0.1) is 6.92 Å². The van der Waals surface area contributed by atoms with Gasteiger partial charge in [0.25, 0.3) is 0 Å². The van der Waals surface area contributed by atoms with E-state index in [-0.39, 0.29) is 0 Å². The van der Waals surface area contributed by atoms with Gasteiger partial charge in [-0.1, -0.05) is 36.8 Å². The Morgan fingerprint density at radius 1 is 1.18 bits per heavy atom. The fourth-order valence-corrected chi connectivity index (χ4v) is 2.55. The topological polar surface area (TPSA) is 23.5 Å². The quantitative estimate of drug-likeness (QED) is 0.866. The number of likely N-dealkylation sites (tertiary alicyclic amines) is 1. The molecule has 0 bridgehead atoms. The lowest BCUT2D eigenvalue weighted by Crippen LogP contribution is -2.45. The van der Waals surface area contributed by atoms with Gasteiger partial charge in [0, 0.05) is 19.5 Å². The largest absolute Gasteiger partial charge is 0.389 e. The van der Waals surface area contributed by atoms with Gasteiger partial charge < -0.3 is 10.0 Å². The van der Waals surface area contributed by atoms with Crippen molar-refractivity contribution in [3.63, 3.8) is 0 Å². The molecule has 0 spiro atoms. The van der Waals surface area contributed by atoms with E-state index in [0.29, 0.717) is 0 Å². The highest BCUT2D eigenvalue weighted by molar-refractivity contribution is 5.22. The fraction of sp³-hybridized carbons (Fsp3) is 0.600. The van der Waals surface area contributed by atoms with Crippen molar-refractivity contribution in [1.29, 1.82) is 0 Å². The first kappa shape index (κ1) is 12.6. The number of aliphatic hydroxyl groups is 1. The maximum absolute atomic E-state index is 10.6. The summed E-state index contributed by atoms with van der Waals surface area (Å²) in [7, 11) is 0. The summed E-state index contributed by atoms with van der Waals surface area (Å²) in [4.78, 5) is 2.41. The van der Waals surface area contributed by atoms with E-state index in [4.69, 9.17) is 0 Å². The molecule has 1 N–H and O–H groups in total. The van der Waals surface area contributed by atoms with Crippen LogP contribution in [0.15, 0.2) is 24.3 Å². The van der Waals surface area contributed by atoms with Crippen molar-refractivity contribution in [2.24, 2.45) is 0 Å². The smallest absolute Gasteiger partial charge is 0.0712 e. The Bertz CT molecular complexity index is 350. The molecule has 1 aliphatic rings. The van der Waals surface area contributed by atoms with Gasteiger partial charge in [-0.3, -0.25) is 0 Å². The maximum atomic E-state index is 10.6. The van der Waals surface area contributed by atoms with Crippen LogP contribution in [0.1, 0.15) is 30.9 Å². The molecule has 2 nitrogen and oxygen atoms in total. The lowest BCUT2D eigenvalue weighted by atomic mass is 9.85. The van der Waals surface area contributed by atoms with Crippen molar-refractivity contribution in [2.45, 2.75) is 38.7 Å². The zero-order valence-electron chi connectivity index (χ0n) is 10.9. The Balaban J connectivity index is 1.96. The Morgan fingerprint density at radius 2 is 1.76 bits per heavy atom. The van der Waals surface area contributed by atoms with Crippen molar-refractivity contribution in [1.82, 2.24) is 4.90 Å². The summed E-state index contributed by atoms with van der Waals surface area (Å²) >= 11 is 0.